The van der Waals surface area contributed by atoms with Gasteiger partial charge in [-0.3, -0.25) is 4.79 Å². The molecular weight excluding hydrogens is 543 g/mol. The van der Waals surface area contributed by atoms with E-state index in [9.17, 15) is 4.79 Å². The van der Waals surface area contributed by atoms with Crippen molar-refractivity contribution in [2.24, 2.45) is 0 Å². The van der Waals surface area contributed by atoms with Crippen molar-refractivity contribution in [1.82, 2.24) is 0 Å². The van der Waals surface area contributed by atoms with Gasteiger partial charge in [0.05, 0.1) is 0 Å². The zero-order chi connectivity index (χ0) is 29.2. The van der Waals surface area contributed by atoms with Crippen LogP contribution in [0.5, 0.6) is 0 Å². The summed E-state index contributed by atoms with van der Waals surface area (Å²) in [5.74, 6) is 3.08. The van der Waals surface area contributed by atoms with E-state index < -0.39 is 15.0 Å². The molecule has 0 aliphatic heterocycles. The number of hydrogen-bond donors (Lipinski definition) is 0. The normalized spacial score (nSPS) is 12.0. The molecule has 6 rings (SSSR count). The van der Waals surface area contributed by atoms with Crippen LogP contribution in [0.25, 0.3) is 16.7 Å². The number of Topliss-reactive ketones (excluding diaryl/α,β-unsaturated/α-hetero) is 1. The molecule has 0 bridgehead atoms. The van der Waals surface area contributed by atoms with Crippen LogP contribution in [-0.2, 0) is 4.79 Å². The van der Waals surface area contributed by atoms with Gasteiger partial charge in [0.25, 0.3) is 0 Å². The predicted molar refractivity (Wildman–Crippen MR) is 185 cm³/mol. The van der Waals surface area contributed by atoms with Gasteiger partial charge in [-0.2, -0.15) is 0 Å². The first-order valence-electron chi connectivity index (χ1n) is 14.3. The minimum Gasteiger partial charge on any atom is -0.279 e. The van der Waals surface area contributed by atoms with Crippen molar-refractivity contribution in [3.8, 4) is 22.6 Å². The molecule has 0 saturated carbocycles. The summed E-state index contributed by atoms with van der Waals surface area (Å²) < 4.78 is 0. The fraction of sp³-hybridized carbons (Fsp3) is 0.0769. The number of rotatable bonds is 5. The molecule has 0 aromatic heterocycles. The second-order valence-corrected chi connectivity index (χ2v) is 19.7. The van der Waals surface area contributed by atoms with Gasteiger partial charge in [0.2, 0.25) is 5.78 Å². The highest BCUT2D eigenvalue weighted by molar-refractivity contribution is 7.96. The van der Waals surface area contributed by atoms with Crippen molar-refractivity contribution in [1.29, 1.82) is 0 Å². The molecule has 5 aromatic carbocycles. The van der Waals surface area contributed by atoms with Crippen LogP contribution in [0, 0.1) is 11.5 Å². The molecule has 0 unspecified atom stereocenters. The Morgan fingerprint density at radius 2 is 0.905 bits per heavy atom. The quantitative estimate of drug-likeness (QED) is 0.117. The highest BCUT2D eigenvalue weighted by atomic mass is 31.2. The Morgan fingerprint density at radius 1 is 0.548 bits per heavy atom. The average molecular weight is 577 g/mol. The van der Waals surface area contributed by atoms with Crippen LogP contribution in [0.2, 0.25) is 19.6 Å². The molecule has 0 amide bonds. The maximum Gasteiger partial charge on any atom is 0.236 e. The Hall–Kier alpha value is -4.41. The number of fused-ring (bicyclic) bond motifs is 3. The van der Waals surface area contributed by atoms with Crippen LogP contribution in [-0.4, -0.2) is 19.2 Å². The second kappa shape index (κ2) is 11.5. The Morgan fingerprint density at radius 3 is 1.29 bits per heavy atom. The van der Waals surface area contributed by atoms with Gasteiger partial charge < -0.3 is 0 Å². The van der Waals surface area contributed by atoms with E-state index in [0.29, 0.717) is 0 Å². The minimum atomic E-state index is -2.67. The summed E-state index contributed by atoms with van der Waals surface area (Å²) in [4.78, 5) is 14.8. The van der Waals surface area contributed by atoms with E-state index in [2.05, 4.69) is 159 Å². The molecular formula is C39H33OPSi. The molecule has 1 aliphatic rings. The van der Waals surface area contributed by atoms with Crippen molar-refractivity contribution >= 4 is 47.5 Å². The molecule has 0 atom stereocenters. The lowest BCUT2D eigenvalue weighted by molar-refractivity contribution is -0.107. The third kappa shape index (κ3) is 5.08. The van der Waals surface area contributed by atoms with Crippen LogP contribution >= 0.6 is 6.89 Å². The first-order chi connectivity index (χ1) is 20.4. The Bertz CT molecular complexity index is 1770. The third-order valence-corrected chi connectivity index (χ3v) is 12.7. The van der Waals surface area contributed by atoms with E-state index in [1.165, 1.54) is 11.1 Å². The van der Waals surface area contributed by atoms with E-state index in [1.54, 1.807) is 0 Å². The van der Waals surface area contributed by atoms with Gasteiger partial charge in [0, 0.05) is 5.29 Å². The van der Waals surface area contributed by atoms with Crippen molar-refractivity contribution in [2.45, 2.75) is 19.6 Å². The van der Waals surface area contributed by atoms with E-state index in [0.717, 1.165) is 37.9 Å². The molecule has 0 heterocycles. The van der Waals surface area contributed by atoms with Gasteiger partial charge in [-0.25, -0.2) is 0 Å². The molecule has 0 N–H and O–H groups in total. The smallest absolute Gasteiger partial charge is 0.236 e. The monoisotopic (exact) mass is 576 g/mol. The summed E-state index contributed by atoms with van der Waals surface area (Å²) in [5, 5.41) is 4.17. The first-order valence-corrected chi connectivity index (χ1v) is 19.6. The minimum absolute atomic E-state index is 0.100. The lowest BCUT2D eigenvalue weighted by atomic mass is 10.0. The Balaban J connectivity index is 1.85. The summed E-state index contributed by atoms with van der Waals surface area (Å²) in [5.41, 5.74) is 9.16. The highest BCUT2D eigenvalue weighted by Gasteiger charge is 2.33. The van der Waals surface area contributed by atoms with E-state index in [4.69, 9.17) is 0 Å². The van der Waals surface area contributed by atoms with E-state index >= 15 is 0 Å². The predicted octanol–water partition coefficient (Wildman–Crippen LogP) is 7.72. The van der Waals surface area contributed by atoms with E-state index in [1.807, 2.05) is 18.2 Å². The fourth-order valence-electron chi connectivity index (χ4n) is 5.79. The highest BCUT2D eigenvalue weighted by Crippen LogP contribution is 2.49. The lowest BCUT2D eigenvalue weighted by Crippen LogP contribution is -2.33. The third-order valence-electron chi connectivity index (χ3n) is 7.58. The summed E-state index contributed by atoms with van der Waals surface area (Å²) in [6.07, 6.45) is 2.19. The maximum atomic E-state index is 14.8. The van der Waals surface area contributed by atoms with Crippen molar-refractivity contribution in [2.75, 3.05) is 0 Å². The average Bonchev–Trinajstić information content (AvgIpc) is 3.34. The largest absolute Gasteiger partial charge is 0.279 e. The van der Waals surface area contributed by atoms with Crippen molar-refractivity contribution < 1.29 is 4.79 Å². The fourth-order valence-corrected chi connectivity index (χ4v) is 10.5. The molecule has 42 heavy (non-hydrogen) atoms. The standard InChI is InChI=1S/C39H33OPSi/c1-42(2,3)28-27-38(40)39(29-37-35-25-15-13-23-33(35)34-24-14-16-26-36(34)37)41(30-17-7-4-8-18-30,31-19-9-5-10-20-31)32-21-11-6-12-22-32/h4-26,29H,1-3H3. The lowest BCUT2D eigenvalue weighted by Gasteiger charge is -2.31. The van der Waals surface area contributed by atoms with Gasteiger partial charge >= 0.3 is 0 Å². The number of allylic oxidation sites excluding steroid dienone is 1. The summed E-state index contributed by atoms with van der Waals surface area (Å²) >= 11 is 0. The molecule has 204 valence electrons. The molecule has 5 aromatic rings. The summed E-state index contributed by atoms with van der Waals surface area (Å²) in [6, 6.07) is 48.8. The molecule has 0 fully saturated rings. The summed E-state index contributed by atoms with van der Waals surface area (Å²) in [6.45, 7) is 3.88. The molecule has 0 radical (unpaired) electrons. The van der Waals surface area contributed by atoms with Crippen LogP contribution in [0.15, 0.2) is 146 Å². The van der Waals surface area contributed by atoms with Crippen molar-refractivity contribution in [3.05, 3.63) is 157 Å². The number of carbonyl (C=O) groups excluding carboxylic acids is 1. The first kappa shape index (κ1) is 27.7. The van der Waals surface area contributed by atoms with Gasteiger partial charge in [-0.15, -0.1) is 5.54 Å². The molecule has 1 aliphatic carbocycles. The van der Waals surface area contributed by atoms with Gasteiger partial charge in [-0.05, 0) is 62.6 Å². The topological polar surface area (TPSA) is 17.1 Å². The zero-order valence-electron chi connectivity index (χ0n) is 24.2. The Kier molecular flexibility index (Phi) is 7.57. The van der Waals surface area contributed by atoms with Crippen molar-refractivity contribution in [3.63, 3.8) is 0 Å². The number of hydrogen-bond acceptors (Lipinski definition) is 1. The van der Waals surface area contributed by atoms with Crippen LogP contribution < -0.4 is 15.9 Å². The van der Waals surface area contributed by atoms with Gasteiger partial charge in [0.1, 0.15) is 8.07 Å². The molecule has 0 spiro atoms. The molecule has 0 saturated heterocycles. The second-order valence-electron chi connectivity index (χ2n) is 11.5. The van der Waals surface area contributed by atoms with Crippen LogP contribution in [0.4, 0.5) is 0 Å². The molecule has 1 nitrogen and oxygen atoms in total. The van der Waals surface area contributed by atoms with Gasteiger partial charge in [-0.1, -0.05) is 159 Å². The number of carbonyl (C=O) groups is 1. The van der Waals surface area contributed by atoms with Crippen LogP contribution in [0.1, 0.15) is 11.1 Å². The maximum absolute atomic E-state index is 14.8. The number of ketones is 1. The number of benzene rings is 5. The van der Waals surface area contributed by atoms with E-state index in [-0.39, 0.29) is 5.78 Å². The zero-order valence-corrected chi connectivity index (χ0v) is 26.1. The molecule has 3 heteroatoms. The van der Waals surface area contributed by atoms with Crippen LogP contribution in [0.3, 0.4) is 0 Å². The Labute approximate surface area is 250 Å². The van der Waals surface area contributed by atoms with Gasteiger partial charge in [0.15, 0.2) is 0 Å². The SMILES string of the molecule is C[Si](C)(C)C#CC(=O)C(C=C1c2ccccc2-c2ccccc21)=P(c1ccccc1)(c1ccccc1)c1ccccc1. The summed E-state index contributed by atoms with van der Waals surface area (Å²) in [7, 11) is -1.83.